The van der Waals surface area contributed by atoms with Crippen LogP contribution in [0, 0.1) is 5.92 Å². The lowest BCUT2D eigenvalue weighted by Crippen LogP contribution is -2.50. The minimum atomic E-state index is -0.364. The average Bonchev–Trinajstić information content (AvgIpc) is 2.98. The molecular formula is C18H27NO3. The van der Waals surface area contributed by atoms with Crippen LogP contribution in [0.15, 0.2) is 12.1 Å². The van der Waals surface area contributed by atoms with E-state index in [-0.39, 0.29) is 12.2 Å². The second kappa shape index (κ2) is 6.09. The third kappa shape index (κ3) is 2.12. The molecule has 5 unspecified atom stereocenters. The van der Waals surface area contributed by atoms with Crippen LogP contribution in [0.3, 0.4) is 0 Å². The fraction of sp³-hybridized carbons (Fsp3) is 0.667. The number of benzene rings is 1. The first-order valence-electron chi connectivity index (χ1n) is 8.46. The summed E-state index contributed by atoms with van der Waals surface area (Å²) >= 11 is 0. The number of hydrogen-bond donors (Lipinski definition) is 2. The lowest BCUT2D eigenvalue weighted by atomic mass is 9.65. The van der Waals surface area contributed by atoms with Gasteiger partial charge in [0.05, 0.1) is 13.2 Å². The number of aliphatic hydroxyl groups is 1. The van der Waals surface area contributed by atoms with Crippen LogP contribution in [0.4, 0.5) is 0 Å². The van der Waals surface area contributed by atoms with Crippen molar-refractivity contribution in [1.29, 1.82) is 0 Å². The van der Waals surface area contributed by atoms with Gasteiger partial charge in [0.25, 0.3) is 0 Å². The molecule has 2 aliphatic carbocycles. The van der Waals surface area contributed by atoms with Crippen molar-refractivity contribution in [3.8, 4) is 11.5 Å². The van der Waals surface area contributed by atoms with E-state index in [1.54, 1.807) is 7.11 Å². The highest BCUT2D eigenvalue weighted by Gasteiger charge is 2.52. The van der Waals surface area contributed by atoms with E-state index < -0.39 is 0 Å². The molecule has 0 spiro atoms. The molecule has 1 aliphatic heterocycles. The van der Waals surface area contributed by atoms with Gasteiger partial charge in [0, 0.05) is 17.5 Å². The zero-order valence-electron chi connectivity index (χ0n) is 13.9. The first-order valence-corrected chi connectivity index (χ1v) is 8.46. The largest absolute Gasteiger partial charge is 0.493 e. The molecular weight excluding hydrogens is 278 g/mol. The molecule has 0 radical (unpaired) electrons. The molecule has 0 bridgehead atoms. The molecule has 1 heterocycles. The molecule has 4 nitrogen and oxygen atoms in total. The Morgan fingerprint density at radius 1 is 1.27 bits per heavy atom. The van der Waals surface area contributed by atoms with Crippen LogP contribution in [0.2, 0.25) is 0 Å². The van der Waals surface area contributed by atoms with E-state index in [9.17, 15) is 5.11 Å². The summed E-state index contributed by atoms with van der Waals surface area (Å²) in [5, 5.41) is 13.8. The Labute approximate surface area is 132 Å². The summed E-state index contributed by atoms with van der Waals surface area (Å²) in [5.41, 5.74) is 2.64. The number of aliphatic hydroxyl groups excluding tert-OH is 1. The number of rotatable bonds is 2. The zero-order valence-corrected chi connectivity index (χ0v) is 13.9. The van der Waals surface area contributed by atoms with Crippen molar-refractivity contribution < 1.29 is 14.6 Å². The van der Waals surface area contributed by atoms with E-state index in [4.69, 9.17) is 9.47 Å². The van der Waals surface area contributed by atoms with Crippen molar-refractivity contribution in [2.75, 3.05) is 14.2 Å². The van der Waals surface area contributed by atoms with Gasteiger partial charge in [-0.15, -0.1) is 0 Å². The first-order chi connectivity index (χ1) is 10.7. The van der Waals surface area contributed by atoms with E-state index in [1.807, 2.05) is 27.0 Å². The lowest BCUT2D eigenvalue weighted by molar-refractivity contribution is -0.0184. The maximum atomic E-state index is 10.3. The van der Waals surface area contributed by atoms with Crippen molar-refractivity contribution in [3.05, 3.63) is 23.3 Å². The highest BCUT2D eigenvalue weighted by Crippen LogP contribution is 2.56. The normalized spacial score (nSPS) is 34.1. The Bertz CT molecular complexity index is 545. The zero-order chi connectivity index (χ0) is 15.9. The Morgan fingerprint density at radius 3 is 2.73 bits per heavy atom. The predicted octanol–water partition coefficient (Wildman–Crippen LogP) is 2.48. The molecule has 1 saturated carbocycles. The van der Waals surface area contributed by atoms with Crippen molar-refractivity contribution >= 4 is 0 Å². The third-order valence-corrected chi connectivity index (χ3v) is 5.38. The maximum absolute atomic E-state index is 10.3. The molecule has 122 valence electrons. The van der Waals surface area contributed by atoms with Crippen LogP contribution in [-0.4, -0.2) is 37.5 Å². The quantitative estimate of drug-likeness (QED) is 0.881. The first kappa shape index (κ1) is 15.6. The minimum absolute atomic E-state index is 0.102. The molecule has 2 N–H and O–H groups in total. The van der Waals surface area contributed by atoms with Crippen molar-refractivity contribution in [1.82, 2.24) is 5.32 Å². The topological polar surface area (TPSA) is 50.7 Å². The van der Waals surface area contributed by atoms with Gasteiger partial charge < -0.3 is 19.9 Å². The maximum Gasteiger partial charge on any atom is 0.165 e. The van der Waals surface area contributed by atoms with Crippen LogP contribution < -0.4 is 14.8 Å². The fourth-order valence-corrected chi connectivity index (χ4v) is 4.46. The Kier molecular flexibility index (Phi) is 4.33. The van der Waals surface area contributed by atoms with Crippen LogP contribution >= 0.6 is 0 Å². The van der Waals surface area contributed by atoms with Gasteiger partial charge >= 0.3 is 0 Å². The number of likely N-dealkylation sites (N-methyl/N-ethyl adjacent to an activating group) is 1. The second-order valence-corrected chi connectivity index (χ2v) is 6.19. The van der Waals surface area contributed by atoms with E-state index in [1.165, 1.54) is 11.1 Å². The molecule has 0 aromatic heterocycles. The molecule has 1 aromatic rings. The molecule has 0 saturated heterocycles. The van der Waals surface area contributed by atoms with Crippen LogP contribution in [0.25, 0.3) is 0 Å². The Balaban J connectivity index is 0.000000693. The Morgan fingerprint density at radius 2 is 2.05 bits per heavy atom. The van der Waals surface area contributed by atoms with Gasteiger partial charge in [0.2, 0.25) is 0 Å². The minimum Gasteiger partial charge on any atom is -0.493 e. The Hall–Kier alpha value is -1.26. The molecule has 4 rings (SSSR count). The second-order valence-electron chi connectivity index (χ2n) is 6.19. The van der Waals surface area contributed by atoms with Gasteiger partial charge in [-0.05, 0) is 43.9 Å². The number of ether oxygens (including phenoxy) is 2. The van der Waals surface area contributed by atoms with Gasteiger partial charge in [0.1, 0.15) is 6.10 Å². The summed E-state index contributed by atoms with van der Waals surface area (Å²) in [4.78, 5) is 0. The van der Waals surface area contributed by atoms with Gasteiger partial charge in [-0.2, -0.15) is 0 Å². The monoisotopic (exact) mass is 305 g/mol. The van der Waals surface area contributed by atoms with E-state index in [0.717, 1.165) is 30.8 Å². The summed E-state index contributed by atoms with van der Waals surface area (Å²) in [7, 11) is 3.71. The lowest BCUT2D eigenvalue weighted by Gasteiger charge is -2.43. The molecule has 0 amide bonds. The highest BCUT2D eigenvalue weighted by molar-refractivity contribution is 5.57. The van der Waals surface area contributed by atoms with Crippen LogP contribution in [-0.2, 0) is 6.42 Å². The van der Waals surface area contributed by atoms with Gasteiger partial charge in [-0.1, -0.05) is 19.9 Å². The summed E-state index contributed by atoms with van der Waals surface area (Å²) in [5.74, 6) is 2.53. The van der Waals surface area contributed by atoms with Gasteiger partial charge in [0.15, 0.2) is 11.5 Å². The fourth-order valence-electron chi connectivity index (χ4n) is 4.46. The highest BCUT2D eigenvalue weighted by atomic mass is 16.5. The van der Waals surface area contributed by atoms with Crippen molar-refractivity contribution in [3.63, 3.8) is 0 Å². The molecule has 4 heteroatoms. The van der Waals surface area contributed by atoms with E-state index in [0.29, 0.717) is 17.9 Å². The predicted molar refractivity (Wildman–Crippen MR) is 86.8 cm³/mol. The number of methoxy groups -OCH3 is 1. The summed E-state index contributed by atoms with van der Waals surface area (Å²) in [6, 6.07) is 4.63. The molecule has 1 fully saturated rings. The number of nitrogens with one attached hydrogen (secondary N) is 1. The molecule has 3 aliphatic rings. The van der Waals surface area contributed by atoms with Crippen molar-refractivity contribution in [2.24, 2.45) is 5.92 Å². The SMILES string of the molecule is CC.CNC1Cc2ccc(OC)c3c2C2C1CCC(O)C2O3. The molecule has 5 atom stereocenters. The summed E-state index contributed by atoms with van der Waals surface area (Å²) < 4.78 is 11.6. The van der Waals surface area contributed by atoms with Crippen LogP contribution in [0.5, 0.6) is 11.5 Å². The van der Waals surface area contributed by atoms with Crippen LogP contribution in [0.1, 0.15) is 43.7 Å². The molecule has 1 aromatic carbocycles. The van der Waals surface area contributed by atoms with Gasteiger partial charge in [-0.25, -0.2) is 0 Å². The average molecular weight is 305 g/mol. The van der Waals surface area contributed by atoms with E-state index in [2.05, 4.69) is 11.4 Å². The smallest absolute Gasteiger partial charge is 0.165 e. The van der Waals surface area contributed by atoms with E-state index >= 15 is 0 Å². The van der Waals surface area contributed by atoms with Gasteiger partial charge in [-0.3, -0.25) is 0 Å². The summed E-state index contributed by atoms with van der Waals surface area (Å²) in [6.45, 7) is 4.00. The molecule has 22 heavy (non-hydrogen) atoms. The third-order valence-electron chi connectivity index (χ3n) is 5.38. The summed E-state index contributed by atoms with van der Waals surface area (Å²) in [6.07, 6.45) is 2.46. The van der Waals surface area contributed by atoms with Crippen molar-refractivity contribution in [2.45, 2.75) is 57.3 Å². The standard InChI is InChI=1S/C16H21NO3.C2H6/c1-17-10-7-8-3-6-12(19-2)16-13(8)14-9(10)4-5-11(18)15(14)20-16;1-2/h3,6,9-11,14-15,17-18H,4-5,7H2,1-2H3;1-2H3. The number of hydrogen-bond acceptors (Lipinski definition) is 4.